The van der Waals surface area contributed by atoms with Crippen LogP contribution in [0.2, 0.25) is 0 Å². The van der Waals surface area contributed by atoms with E-state index in [0.717, 1.165) is 94.5 Å². The van der Waals surface area contributed by atoms with Gasteiger partial charge in [-0.25, -0.2) is 9.97 Å². The predicted molar refractivity (Wildman–Crippen MR) is 534 cm³/mol. The minimum absolute atomic E-state index is 0.116. The predicted octanol–water partition coefficient (Wildman–Crippen LogP) is 31.2. The third-order valence-electron chi connectivity index (χ3n) is 29.3. The Kier molecular flexibility index (Phi) is 15.0. The Morgan fingerprint density at radius 2 is 0.430 bits per heavy atom. The van der Waals surface area contributed by atoms with Gasteiger partial charge in [0.25, 0.3) is 0 Å². The summed E-state index contributed by atoms with van der Waals surface area (Å²) in [6, 6.07) is 148. The Morgan fingerprint density at radius 1 is 0.172 bits per heavy atom. The normalized spacial score (nSPS) is 13.9. The second-order valence-corrected chi connectivity index (χ2v) is 37.2. The van der Waals surface area contributed by atoms with Crippen molar-refractivity contribution in [2.24, 2.45) is 0 Å². The molecule has 6 aromatic heterocycles. The summed E-state index contributed by atoms with van der Waals surface area (Å²) >= 11 is 0. The van der Waals surface area contributed by atoms with Gasteiger partial charge in [0.15, 0.2) is 5.82 Å². The van der Waals surface area contributed by atoms with Crippen LogP contribution in [-0.2, 0) is 16.2 Å². The molecular formula is C121H83N7. The Labute approximate surface area is 740 Å². The molecule has 7 heteroatoms. The molecule has 602 valence electrons. The van der Waals surface area contributed by atoms with Crippen LogP contribution in [0.25, 0.3) is 227 Å². The molecular weight excluding hydrogens is 1550 g/mol. The molecule has 0 N–H and O–H groups in total. The molecule has 0 aliphatic heterocycles. The maximum atomic E-state index is 5.53. The van der Waals surface area contributed by atoms with Crippen LogP contribution in [0.3, 0.4) is 0 Å². The zero-order valence-corrected chi connectivity index (χ0v) is 71.7. The summed E-state index contributed by atoms with van der Waals surface area (Å²) in [5.74, 6) is 1.44. The lowest BCUT2D eigenvalue weighted by Crippen LogP contribution is -2.15. The Morgan fingerprint density at radius 3 is 0.781 bits per heavy atom. The van der Waals surface area contributed by atoms with Gasteiger partial charge in [-0.2, -0.15) is 0 Å². The third kappa shape index (κ3) is 10.3. The topological polar surface area (TPSA) is 50.4 Å². The van der Waals surface area contributed by atoms with Crippen molar-refractivity contribution in [3.63, 3.8) is 0 Å². The molecule has 18 aromatic carbocycles. The van der Waals surface area contributed by atoms with Crippen LogP contribution >= 0.6 is 0 Å². The van der Waals surface area contributed by atoms with Gasteiger partial charge in [-0.05, 0) is 246 Å². The molecule has 3 aliphatic carbocycles. The van der Waals surface area contributed by atoms with Crippen LogP contribution < -0.4 is 0 Å². The van der Waals surface area contributed by atoms with Gasteiger partial charge >= 0.3 is 0 Å². The second kappa shape index (κ2) is 26.5. The average molecular weight is 1640 g/mol. The number of aromatic nitrogens is 7. The smallest absolute Gasteiger partial charge is 0.162 e. The van der Waals surface area contributed by atoms with Gasteiger partial charge in [0.1, 0.15) is 5.82 Å². The van der Waals surface area contributed by atoms with E-state index in [0.29, 0.717) is 5.82 Å². The Bertz CT molecular complexity index is 8690. The maximum absolute atomic E-state index is 5.53. The number of nitrogens with zero attached hydrogens (tertiary/aromatic N) is 7. The largest absolute Gasteiger partial charge is 0.309 e. The summed E-state index contributed by atoms with van der Waals surface area (Å²) in [5, 5.41) is 12.0. The van der Waals surface area contributed by atoms with Gasteiger partial charge < -0.3 is 18.3 Å². The van der Waals surface area contributed by atoms with Crippen LogP contribution in [0.5, 0.6) is 0 Å². The van der Waals surface area contributed by atoms with Crippen LogP contribution in [-0.4, -0.2) is 32.8 Å². The van der Waals surface area contributed by atoms with Crippen molar-refractivity contribution in [2.45, 2.75) is 57.8 Å². The highest BCUT2D eigenvalue weighted by atomic mass is 15.1. The number of hydrogen-bond acceptors (Lipinski definition) is 2. The summed E-state index contributed by atoms with van der Waals surface area (Å²) < 4.78 is 12.2. The van der Waals surface area contributed by atoms with E-state index in [-0.39, 0.29) is 16.2 Å². The first-order valence-corrected chi connectivity index (χ1v) is 44.7. The van der Waals surface area contributed by atoms with Gasteiger partial charge in [-0.15, -0.1) is 0 Å². The Hall–Kier alpha value is -16.0. The van der Waals surface area contributed by atoms with Gasteiger partial charge in [-0.3, -0.25) is 4.57 Å². The third-order valence-corrected chi connectivity index (χ3v) is 29.3. The first kappa shape index (κ1) is 72.5. The molecule has 7 nitrogen and oxygen atoms in total. The fourth-order valence-corrected chi connectivity index (χ4v) is 23.0. The standard InChI is InChI=1S/C121H83N7/c1-119(2)100-33-17-10-26-84(100)87-53-50-81(68-103(87)119)125-107-36-20-13-29-90(107)94-62-74(42-56-111(94)125)77-47-61-116-97(65-77)93-32-16-23-39-110(93)128(116)117-71-106(122-118(123-117)73-24-8-7-9-25-73)72-40-48-80(49-41-72)124-114-59-45-78(75-43-57-112-95(63-75)91-30-14-21-37-108(91)126(112)82-51-54-88-85-27-11-18-34-101(85)120(3,4)104(88)69-82)66-98(114)99-67-79(46-60-115(99)124)76-44-58-113-96(64-76)92-31-15-22-38-109(92)127(113)83-52-55-89-86-28-12-19-35-102(86)121(5,6)105(89)70-83/h7-71H,1-6H3. The van der Waals surface area contributed by atoms with E-state index in [2.05, 4.69) is 459 Å². The average Bonchev–Trinajstić information content (AvgIpc) is 1.65. The molecule has 0 saturated heterocycles. The summed E-state index contributed by atoms with van der Waals surface area (Å²) in [6.07, 6.45) is 0. The van der Waals surface area contributed by atoms with Gasteiger partial charge in [0.05, 0.1) is 60.9 Å². The SMILES string of the molecule is CC1(C)c2ccccc2-c2ccc(-n3c4ccccc4c4cc(-c5ccc6c(c5)c5cc(-c7ccc8c(c7)c7ccccc7n8-c7ccc8c(c7)C(C)(C)c7ccccc7-8)ccc5n6-c5ccc(-c6cc(-n7c8ccccc8c8cc(-c9ccc%10c(c9)c9ccccc9n%10-c9ccc%10c(c9)C(C)(C)c9ccccc9-%10)ccc87)nc(-c7ccccc7)n6)cc5)ccc43)cc21. The minimum atomic E-state index is -0.131. The van der Waals surface area contributed by atoms with Crippen molar-refractivity contribution in [2.75, 3.05) is 0 Å². The zero-order chi connectivity index (χ0) is 84.9. The highest BCUT2D eigenvalue weighted by molar-refractivity contribution is 6.17. The molecule has 0 amide bonds. The fourth-order valence-electron chi connectivity index (χ4n) is 23.0. The van der Waals surface area contributed by atoms with E-state index in [9.17, 15) is 0 Å². The van der Waals surface area contributed by atoms with E-state index >= 15 is 0 Å². The summed E-state index contributed by atoms with van der Waals surface area (Å²) in [4.78, 5) is 11.0. The zero-order valence-electron chi connectivity index (χ0n) is 71.7. The maximum Gasteiger partial charge on any atom is 0.162 e. The lowest BCUT2D eigenvalue weighted by Gasteiger charge is -2.22. The van der Waals surface area contributed by atoms with Crippen molar-refractivity contribution in [1.82, 2.24) is 32.8 Å². The van der Waals surface area contributed by atoms with Crippen LogP contribution in [0, 0.1) is 0 Å². The highest BCUT2D eigenvalue weighted by Crippen LogP contribution is 2.55. The first-order valence-electron chi connectivity index (χ1n) is 44.7. The van der Waals surface area contributed by atoms with Crippen LogP contribution in [0.1, 0.15) is 74.9 Å². The molecule has 0 bridgehead atoms. The molecule has 24 aromatic rings. The van der Waals surface area contributed by atoms with E-state index in [1.807, 2.05) is 0 Å². The Balaban J connectivity index is 0.580. The summed E-state index contributed by atoms with van der Waals surface area (Å²) in [7, 11) is 0. The first-order chi connectivity index (χ1) is 62.7. The van der Waals surface area contributed by atoms with E-state index in [1.54, 1.807) is 0 Å². The molecule has 0 radical (unpaired) electrons. The van der Waals surface area contributed by atoms with E-state index in [4.69, 9.17) is 9.97 Å². The number of rotatable bonds is 10. The van der Waals surface area contributed by atoms with Gasteiger partial charge in [-0.1, -0.05) is 284 Å². The van der Waals surface area contributed by atoms with Crippen LogP contribution in [0.4, 0.5) is 0 Å². The molecule has 27 rings (SSSR count). The van der Waals surface area contributed by atoms with Crippen LogP contribution in [0.15, 0.2) is 394 Å². The van der Waals surface area contributed by atoms with Crippen molar-refractivity contribution in [1.29, 1.82) is 0 Å². The lowest BCUT2D eigenvalue weighted by atomic mass is 9.82. The molecule has 6 heterocycles. The van der Waals surface area contributed by atoms with E-state index < -0.39 is 0 Å². The molecule has 0 unspecified atom stereocenters. The second-order valence-electron chi connectivity index (χ2n) is 37.2. The fraction of sp³-hybridized carbons (Fsp3) is 0.0744. The molecule has 0 fully saturated rings. The highest BCUT2D eigenvalue weighted by Gasteiger charge is 2.39. The van der Waals surface area contributed by atoms with Crippen molar-refractivity contribution < 1.29 is 0 Å². The van der Waals surface area contributed by atoms with Crippen molar-refractivity contribution in [3.8, 4) is 118 Å². The van der Waals surface area contributed by atoms with Crippen molar-refractivity contribution >= 4 is 109 Å². The van der Waals surface area contributed by atoms with E-state index in [1.165, 1.54) is 160 Å². The molecule has 0 saturated carbocycles. The monoisotopic (exact) mass is 1630 g/mol. The molecule has 128 heavy (non-hydrogen) atoms. The minimum Gasteiger partial charge on any atom is -0.309 e. The van der Waals surface area contributed by atoms with Gasteiger partial charge in [0, 0.05) is 110 Å². The van der Waals surface area contributed by atoms with Gasteiger partial charge in [0.2, 0.25) is 0 Å². The summed E-state index contributed by atoms with van der Waals surface area (Å²) in [5.41, 5.74) is 41.5. The quantitative estimate of drug-likeness (QED) is 0.137. The summed E-state index contributed by atoms with van der Waals surface area (Å²) in [6.45, 7) is 14.2. The molecule has 0 spiro atoms. The molecule has 3 aliphatic rings. The number of fused-ring (bicyclic) bond motifs is 24. The number of para-hydroxylation sites is 4. The number of hydrogen-bond donors (Lipinski definition) is 0. The molecule has 0 atom stereocenters. The lowest BCUT2D eigenvalue weighted by molar-refractivity contribution is 0.660. The van der Waals surface area contributed by atoms with Crippen molar-refractivity contribution in [3.05, 3.63) is 428 Å². The number of benzene rings is 18.